The molecule has 0 aliphatic carbocycles. The fourth-order valence-corrected chi connectivity index (χ4v) is 3.83. The third kappa shape index (κ3) is 5.87. The monoisotopic (exact) mass is 437 g/mol. The molecule has 0 aromatic heterocycles. The van der Waals surface area contributed by atoms with E-state index in [1.54, 1.807) is 36.3 Å². The number of anilines is 1. The minimum Gasteiger partial charge on any atom is -0.497 e. The van der Waals surface area contributed by atoms with Crippen molar-refractivity contribution >= 4 is 23.4 Å². The van der Waals surface area contributed by atoms with Gasteiger partial charge in [-0.15, -0.1) is 0 Å². The first kappa shape index (κ1) is 23.3. The number of ether oxygens (including phenoxy) is 1. The Morgan fingerprint density at radius 3 is 2.34 bits per heavy atom. The number of likely N-dealkylation sites (tertiary alicyclic amines) is 1. The second-order valence-electron chi connectivity index (χ2n) is 8.40. The molecule has 1 aliphatic rings. The van der Waals surface area contributed by atoms with Gasteiger partial charge >= 0.3 is 0 Å². The highest BCUT2D eigenvalue weighted by Crippen LogP contribution is 2.21. The Labute approximate surface area is 189 Å². The van der Waals surface area contributed by atoms with Crippen molar-refractivity contribution in [2.24, 2.45) is 11.8 Å². The summed E-state index contributed by atoms with van der Waals surface area (Å²) in [6.07, 6.45) is 1.48. The number of nitrogens with one attached hydrogen (secondary N) is 2. The zero-order valence-electron chi connectivity index (χ0n) is 18.8. The lowest BCUT2D eigenvalue weighted by molar-refractivity contribution is -0.137. The summed E-state index contributed by atoms with van der Waals surface area (Å²) in [5, 5.41) is 5.81. The zero-order valence-corrected chi connectivity index (χ0v) is 18.8. The van der Waals surface area contributed by atoms with Gasteiger partial charge in [-0.05, 0) is 55.2 Å². The van der Waals surface area contributed by atoms with Crippen molar-refractivity contribution in [1.29, 1.82) is 0 Å². The number of benzene rings is 2. The molecule has 0 unspecified atom stereocenters. The molecule has 0 bridgehead atoms. The molecule has 1 aliphatic heterocycles. The first-order valence-electron chi connectivity index (χ1n) is 11.0. The summed E-state index contributed by atoms with van der Waals surface area (Å²) in [5.41, 5.74) is 1.20. The number of piperidine rings is 1. The fourth-order valence-electron chi connectivity index (χ4n) is 3.83. The molecule has 2 aromatic rings. The van der Waals surface area contributed by atoms with E-state index in [9.17, 15) is 14.4 Å². The van der Waals surface area contributed by atoms with Crippen LogP contribution in [0.1, 0.15) is 37.0 Å². The minimum atomic E-state index is -0.666. The van der Waals surface area contributed by atoms with Crippen LogP contribution in [0, 0.1) is 11.8 Å². The number of amides is 3. The van der Waals surface area contributed by atoms with E-state index >= 15 is 0 Å². The van der Waals surface area contributed by atoms with Gasteiger partial charge in [0.15, 0.2) is 0 Å². The molecule has 0 saturated carbocycles. The van der Waals surface area contributed by atoms with Gasteiger partial charge in [0, 0.05) is 24.3 Å². The van der Waals surface area contributed by atoms with E-state index in [1.807, 2.05) is 44.2 Å². The lowest BCUT2D eigenvalue weighted by Gasteiger charge is -2.35. The second-order valence-corrected chi connectivity index (χ2v) is 8.40. The number of rotatable bonds is 7. The van der Waals surface area contributed by atoms with E-state index in [1.165, 1.54) is 0 Å². The average molecular weight is 438 g/mol. The summed E-state index contributed by atoms with van der Waals surface area (Å²) in [6, 6.07) is 15.4. The van der Waals surface area contributed by atoms with Crippen LogP contribution in [-0.4, -0.2) is 48.9 Å². The second kappa shape index (κ2) is 10.8. The molecule has 2 aromatic carbocycles. The molecule has 170 valence electrons. The van der Waals surface area contributed by atoms with Gasteiger partial charge in [-0.25, -0.2) is 0 Å². The van der Waals surface area contributed by atoms with Crippen LogP contribution in [0.15, 0.2) is 54.6 Å². The van der Waals surface area contributed by atoms with Gasteiger partial charge in [-0.3, -0.25) is 14.4 Å². The van der Waals surface area contributed by atoms with Gasteiger partial charge < -0.3 is 20.3 Å². The van der Waals surface area contributed by atoms with Crippen molar-refractivity contribution in [2.45, 2.75) is 32.7 Å². The SMILES string of the molecule is COc1ccc(C(=O)N[C@H](C(=O)N2CCC[C@@H](C(=O)Nc3ccccc3)C2)C(C)C)cc1. The molecule has 1 heterocycles. The van der Waals surface area contributed by atoms with Crippen LogP contribution < -0.4 is 15.4 Å². The summed E-state index contributed by atoms with van der Waals surface area (Å²) >= 11 is 0. The van der Waals surface area contributed by atoms with Crippen molar-refractivity contribution in [1.82, 2.24) is 10.2 Å². The zero-order chi connectivity index (χ0) is 23.1. The van der Waals surface area contributed by atoms with Crippen LogP contribution in [0.2, 0.25) is 0 Å². The Kier molecular flexibility index (Phi) is 7.87. The summed E-state index contributed by atoms with van der Waals surface area (Å²) < 4.78 is 5.13. The number of hydrogen-bond acceptors (Lipinski definition) is 4. The van der Waals surface area contributed by atoms with Crippen molar-refractivity contribution in [2.75, 3.05) is 25.5 Å². The topological polar surface area (TPSA) is 87.7 Å². The highest BCUT2D eigenvalue weighted by Gasteiger charge is 2.34. The molecular formula is C25H31N3O4. The van der Waals surface area contributed by atoms with E-state index < -0.39 is 6.04 Å². The van der Waals surface area contributed by atoms with Gasteiger partial charge in [0.25, 0.3) is 5.91 Å². The molecule has 2 N–H and O–H groups in total. The predicted octanol–water partition coefficient (Wildman–Crippen LogP) is 3.33. The van der Waals surface area contributed by atoms with E-state index in [0.717, 1.165) is 18.5 Å². The van der Waals surface area contributed by atoms with E-state index in [4.69, 9.17) is 4.74 Å². The third-order valence-electron chi connectivity index (χ3n) is 5.72. The Hall–Kier alpha value is -3.35. The molecule has 3 amide bonds. The Morgan fingerprint density at radius 2 is 1.72 bits per heavy atom. The highest BCUT2D eigenvalue weighted by molar-refractivity contribution is 5.98. The van der Waals surface area contributed by atoms with Crippen LogP contribution >= 0.6 is 0 Å². The lowest BCUT2D eigenvalue weighted by Crippen LogP contribution is -2.54. The maximum atomic E-state index is 13.3. The van der Waals surface area contributed by atoms with E-state index in [0.29, 0.717) is 24.4 Å². The van der Waals surface area contributed by atoms with E-state index in [-0.39, 0.29) is 29.6 Å². The van der Waals surface area contributed by atoms with Gasteiger partial charge in [0.05, 0.1) is 13.0 Å². The minimum absolute atomic E-state index is 0.0861. The van der Waals surface area contributed by atoms with Crippen LogP contribution in [0.5, 0.6) is 5.75 Å². The maximum absolute atomic E-state index is 13.3. The highest BCUT2D eigenvalue weighted by atomic mass is 16.5. The summed E-state index contributed by atoms with van der Waals surface area (Å²) in [6.45, 7) is 4.73. The summed E-state index contributed by atoms with van der Waals surface area (Å²) in [7, 11) is 1.56. The quantitative estimate of drug-likeness (QED) is 0.696. The van der Waals surface area contributed by atoms with Crippen molar-refractivity contribution < 1.29 is 19.1 Å². The molecule has 1 fully saturated rings. The van der Waals surface area contributed by atoms with Crippen molar-refractivity contribution in [3.8, 4) is 5.75 Å². The smallest absolute Gasteiger partial charge is 0.251 e. The Morgan fingerprint density at radius 1 is 1.03 bits per heavy atom. The molecule has 32 heavy (non-hydrogen) atoms. The Bertz CT molecular complexity index is 928. The predicted molar refractivity (Wildman–Crippen MR) is 123 cm³/mol. The van der Waals surface area contributed by atoms with Crippen LogP contribution in [0.4, 0.5) is 5.69 Å². The first-order chi connectivity index (χ1) is 15.4. The molecule has 7 nitrogen and oxygen atoms in total. The van der Waals surface area contributed by atoms with Crippen molar-refractivity contribution in [3.05, 3.63) is 60.2 Å². The molecule has 2 atom stereocenters. The fraction of sp³-hybridized carbons (Fsp3) is 0.400. The number of para-hydroxylation sites is 1. The maximum Gasteiger partial charge on any atom is 0.251 e. The standard InChI is InChI=1S/C25H31N3O4/c1-17(2)22(27-23(29)18-11-13-21(32-3)14-12-18)25(31)28-15-7-8-19(16-28)24(30)26-20-9-5-4-6-10-20/h4-6,9-14,17,19,22H,7-8,15-16H2,1-3H3,(H,26,30)(H,27,29)/t19-,22+/m1/s1. The number of methoxy groups -OCH3 is 1. The van der Waals surface area contributed by atoms with Crippen LogP contribution in [0.25, 0.3) is 0 Å². The Balaban J connectivity index is 1.64. The van der Waals surface area contributed by atoms with Crippen LogP contribution in [-0.2, 0) is 9.59 Å². The molecular weight excluding hydrogens is 406 g/mol. The third-order valence-corrected chi connectivity index (χ3v) is 5.72. The summed E-state index contributed by atoms with van der Waals surface area (Å²) in [5.74, 6) is -0.265. The number of carbonyl (C=O) groups is 3. The van der Waals surface area contributed by atoms with Gasteiger partial charge in [0.1, 0.15) is 11.8 Å². The average Bonchev–Trinajstić information content (AvgIpc) is 2.82. The van der Waals surface area contributed by atoms with Gasteiger partial charge in [-0.2, -0.15) is 0 Å². The van der Waals surface area contributed by atoms with Gasteiger partial charge in [0.2, 0.25) is 11.8 Å². The number of nitrogens with zero attached hydrogens (tertiary/aromatic N) is 1. The first-order valence-corrected chi connectivity index (χ1v) is 11.0. The summed E-state index contributed by atoms with van der Waals surface area (Å²) in [4.78, 5) is 40.5. The molecule has 0 spiro atoms. The number of carbonyl (C=O) groups excluding carboxylic acids is 3. The molecule has 0 radical (unpaired) electrons. The normalized spacial score (nSPS) is 16.9. The van der Waals surface area contributed by atoms with Crippen LogP contribution in [0.3, 0.4) is 0 Å². The number of hydrogen-bond donors (Lipinski definition) is 2. The van der Waals surface area contributed by atoms with Gasteiger partial charge in [-0.1, -0.05) is 32.0 Å². The molecule has 7 heteroatoms. The van der Waals surface area contributed by atoms with Crippen molar-refractivity contribution in [3.63, 3.8) is 0 Å². The molecule has 3 rings (SSSR count). The lowest BCUT2D eigenvalue weighted by atomic mass is 9.94. The largest absolute Gasteiger partial charge is 0.497 e. The molecule has 1 saturated heterocycles. The van der Waals surface area contributed by atoms with E-state index in [2.05, 4.69) is 10.6 Å².